The average molecular weight is 452 g/mol. The summed E-state index contributed by atoms with van der Waals surface area (Å²) in [7, 11) is 0. The zero-order valence-electron chi connectivity index (χ0n) is 20.6. The molecule has 0 aliphatic rings. The SMILES string of the molecule is CCOC(=O)/C=C/c1ccc(N(CC(C)C)CC(C)C)c(NC(=O)Nc2ccc(C)cc2)c1. The minimum atomic E-state index is -0.394. The second kappa shape index (κ2) is 12.7. The van der Waals surface area contributed by atoms with Crippen molar-refractivity contribution in [3.8, 4) is 0 Å². The number of aryl methyl sites for hydroxylation is 1. The van der Waals surface area contributed by atoms with Crippen molar-refractivity contribution in [3.63, 3.8) is 0 Å². The van der Waals surface area contributed by atoms with Gasteiger partial charge in [-0.1, -0.05) is 51.5 Å². The Morgan fingerprint density at radius 1 is 0.970 bits per heavy atom. The Balaban J connectivity index is 2.35. The number of anilines is 3. The van der Waals surface area contributed by atoms with Crippen LogP contribution in [0.1, 0.15) is 45.7 Å². The number of nitrogens with one attached hydrogen (secondary N) is 2. The number of urea groups is 1. The first kappa shape index (κ1) is 26.0. The lowest BCUT2D eigenvalue weighted by molar-refractivity contribution is -0.137. The summed E-state index contributed by atoms with van der Waals surface area (Å²) in [6.07, 6.45) is 3.09. The number of amides is 2. The molecule has 0 bridgehead atoms. The van der Waals surface area contributed by atoms with Gasteiger partial charge in [-0.2, -0.15) is 0 Å². The molecule has 0 radical (unpaired) electrons. The van der Waals surface area contributed by atoms with E-state index in [2.05, 4.69) is 43.2 Å². The first-order valence-corrected chi connectivity index (χ1v) is 11.6. The van der Waals surface area contributed by atoms with E-state index in [1.54, 1.807) is 13.0 Å². The van der Waals surface area contributed by atoms with Gasteiger partial charge in [0.2, 0.25) is 0 Å². The summed E-state index contributed by atoms with van der Waals surface area (Å²) in [5, 5.41) is 5.90. The lowest BCUT2D eigenvalue weighted by Gasteiger charge is -2.30. The molecular formula is C27H37N3O3. The average Bonchev–Trinajstić information content (AvgIpc) is 2.73. The van der Waals surface area contributed by atoms with E-state index in [-0.39, 0.29) is 6.03 Å². The van der Waals surface area contributed by atoms with Gasteiger partial charge in [-0.05, 0) is 61.6 Å². The third kappa shape index (κ3) is 9.00. The lowest BCUT2D eigenvalue weighted by Crippen LogP contribution is -2.32. The molecule has 0 heterocycles. The van der Waals surface area contributed by atoms with Gasteiger partial charge in [0.15, 0.2) is 0 Å². The highest BCUT2D eigenvalue weighted by atomic mass is 16.5. The monoisotopic (exact) mass is 451 g/mol. The second-order valence-electron chi connectivity index (χ2n) is 9.00. The molecule has 2 amide bonds. The molecule has 0 spiro atoms. The van der Waals surface area contributed by atoms with E-state index in [1.165, 1.54) is 6.08 Å². The quantitative estimate of drug-likeness (QED) is 0.327. The molecule has 0 aliphatic carbocycles. The van der Waals surface area contributed by atoms with E-state index in [0.29, 0.717) is 24.1 Å². The van der Waals surface area contributed by atoms with Gasteiger partial charge in [-0.25, -0.2) is 9.59 Å². The van der Waals surface area contributed by atoms with Crippen LogP contribution in [0.2, 0.25) is 0 Å². The summed E-state index contributed by atoms with van der Waals surface area (Å²) < 4.78 is 4.97. The van der Waals surface area contributed by atoms with E-state index in [4.69, 9.17) is 4.74 Å². The third-order valence-electron chi connectivity index (χ3n) is 4.79. The third-order valence-corrected chi connectivity index (χ3v) is 4.79. The Hall–Kier alpha value is -3.28. The first-order valence-electron chi connectivity index (χ1n) is 11.6. The predicted molar refractivity (Wildman–Crippen MR) is 138 cm³/mol. The van der Waals surface area contributed by atoms with Crippen molar-refractivity contribution in [3.05, 3.63) is 59.7 Å². The maximum atomic E-state index is 12.8. The number of hydrogen-bond donors (Lipinski definition) is 2. The van der Waals surface area contributed by atoms with Crippen molar-refractivity contribution in [2.24, 2.45) is 11.8 Å². The molecular weight excluding hydrogens is 414 g/mol. The van der Waals surface area contributed by atoms with Crippen LogP contribution < -0.4 is 15.5 Å². The first-order chi connectivity index (χ1) is 15.7. The number of ether oxygens (including phenoxy) is 1. The van der Waals surface area contributed by atoms with Crippen LogP contribution in [0.5, 0.6) is 0 Å². The Morgan fingerprint density at radius 2 is 1.61 bits per heavy atom. The molecule has 2 N–H and O–H groups in total. The standard InChI is InChI=1S/C27H37N3O3/c1-7-33-26(31)15-11-22-10-14-25(30(17-19(2)3)18-20(4)5)24(16-22)29-27(32)28-23-12-8-21(6)9-13-23/h8-16,19-20H,7,17-18H2,1-6H3,(H2,28,29,32)/b15-11+. The zero-order chi connectivity index (χ0) is 24.4. The van der Waals surface area contributed by atoms with Gasteiger partial charge in [-0.3, -0.25) is 0 Å². The maximum Gasteiger partial charge on any atom is 0.330 e. The molecule has 2 rings (SSSR count). The smallest absolute Gasteiger partial charge is 0.330 e. The van der Waals surface area contributed by atoms with Gasteiger partial charge in [0.25, 0.3) is 0 Å². The summed E-state index contributed by atoms with van der Waals surface area (Å²) in [4.78, 5) is 26.8. The van der Waals surface area contributed by atoms with Gasteiger partial charge in [0, 0.05) is 24.9 Å². The molecule has 6 nitrogen and oxygen atoms in total. The van der Waals surface area contributed by atoms with Gasteiger partial charge >= 0.3 is 12.0 Å². The van der Waals surface area contributed by atoms with Crippen molar-refractivity contribution >= 4 is 35.1 Å². The van der Waals surface area contributed by atoms with Crippen molar-refractivity contribution < 1.29 is 14.3 Å². The molecule has 0 fully saturated rings. The van der Waals surface area contributed by atoms with Crippen LogP contribution in [0, 0.1) is 18.8 Å². The van der Waals surface area contributed by atoms with E-state index < -0.39 is 5.97 Å². The minimum Gasteiger partial charge on any atom is -0.463 e. The highest BCUT2D eigenvalue weighted by Gasteiger charge is 2.16. The summed E-state index contributed by atoms with van der Waals surface area (Å²) >= 11 is 0. The molecule has 178 valence electrons. The Labute approximate surface area is 198 Å². The maximum absolute atomic E-state index is 12.8. The van der Waals surface area contributed by atoms with Gasteiger partial charge < -0.3 is 20.3 Å². The number of hydrogen-bond acceptors (Lipinski definition) is 4. The van der Waals surface area contributed by atoms with Crippen molar-refractivity contribution in [2.75, 3.05) is 35.2 Å². The van der Waals surface area contributed by atoms with E-state index in [1.807, 2.05) is 49.4 Å². The van der Waals surface area contributed by atoms with Crippen LogP contribution in [0.15, 0.2) is 48.5 Å². The van der Waals surface area contributed by atoms with Crippen molar-refractivity contribution in [2.45, 2.75) is 41.5 Å². The molecule has 33 heavy (non-hydrogen) atoms. The van der Waals surface area contributed by atoms with Crippen LogP contribution in [-0.2, 0) is 9.53 Å². The highest BCUT2D eigenvalue weighted by molar-refractivity contribution is 6.02. The number of carbonyl (C=O) groups excluding carboxylic acids is 2. The summed E-state index contributed by atoms with van der Waals surface area (Å²) in [6.45, 7) is 14.6. The second-order valence-corrected chi connectivity index (χ2v) is 9.00. The number of carbonyl (C=O) groups is 2. The lowest BCUT2D eigenvalue weighted by atomic mass is 10.1. The van der Waals surface area contributed by atoms with Gasteiger partial charge in [-0.15, -0.1) is 0 Å². The van der Waals surface area contributed by atoms with Gasteiger partial charge in [0.05, 0.1) is 18.0 Å². The van der Waals surface area contributed by atoms with E-state index in [0.717, 1.165) is 35.6 Å². The number of esters is 1. The fraction of sp³-hybridized carbons (Fsp3) is 0.407. The zero-order valence-corrected chi connectivity index (χ0v) is 20.6. The van der Waals surface area contributed by atoms with Crippen molar-refractivity contribution in [1.29, 1.82) is 0 Å². The molecule has 0 atom stereocenters. The molecule has 0 aliphatic heterocycles. The molecule has 0 unspecified atom stereocenters. The fourth-order valence-corrected chi connectivity index (χ4v) is 3.46. The van der Waals surface area contributed by atoms with Crippen LogP contribution in [0.3, 0.4) is 0 Å². The van der Waals surface area contributed by atoms with E-state index in [9.17, 15) is 9.59 Å². The van der Waals surface area contributed by atoms with Crippen LogP contribution in [0.4, 0.5) is 21.9 Å². The molecule has 6 heteroatoms. The Morgan fingerprint density at radius 3 is 2.18 bits per heavy atom. The molecule has 0 aromatic heterocycles. The van der Waals surface area contributed by atoms with E-state index >= 15 is 0 Å². The Bertz CT molecular complexity index is 940. The van der Waals surface area contributed by atoms with Gasteiger partial charge in [0.1, 0.15) is 0 Å². The highest BCUT2D eigenvalue weighted by Crippen LogP contribution is 2.30. The fourth-order valence-electron chi connectivity index (χ4n) is 3.46. The van der Waals surface area contributed by atoms with Crippen LogP contribution in [0.25, 0.3) is 6.08 Å². The number of nitrogens with zero attached hydrogens (tertiary/aromatic N) is 1. The van der Waals surface area contributed by atoms with Crippen molar-refractivity contribution in [1.82, 2.24) is 0 Å². The number of rotatable bonds is 10. The van der Waals surface area contributed by atoms with Crippen LogP contribution >= 0.6 is 0 Å². The largest absolute Gasteiger partial charge is 0.463 e. The topological polar surface area (TPSA) is 70.7 Å². The summed E-state index contributed by atoms with van der Waals surface area (Å²) in [5.74, 6) is 0.525. The molecule has 2 aromatic carbocycles. The molecule has 2 aromatic rings. The Kier molecular flexibility index (Phi) is 9.98. The molecule has 0 saturated carbocycles. The minimum absolute atomic E-state index is 0.319. The summed E-state index contributed by atoms with van der Waals surface area (Å²) in [5.41, 5.74) is 4.28. The normalized spacial score (nSPS) is 11.2. The predicted octanol–water partition coefficient (Wildman–Crippen LogP) is 6.33. The number of benzene rings is 2. The summed E-state index contributed by atoms with van der Waals surface area (Å²) in [6, 6.07) is 13.2. The van der Waals surface area contributed by atoms with Crippen LogP contribution in [-0.4, -0.2) is 31.7 Å². The molecule has 0 saturated heterocycles.